The summed E-state index contributed by atoms with van der Waals surface area (Å²) in [6.45, 7) is 0. The minimum Gasteiger partial charge on any atom is -0.344 e. The van der Waals surface area contributed by atoms with Gasteiger partial charge in [-0.25, -0.2) is 0 Å². The minimum absolute atomic E-state index is 1.12. The number of rotatable bonds is 8. The fourth-order valence-corrected chi connectivity index (χ4v) is 11.8. The molecule has 0 saturated heterocycles. The topological polar surface area (TPSA) is 13.0 Å². The number of anilines is 10. The zero-order valence-electron chi connectivity index (χ0n) is 40.0. The summed E-state index contributed by atoms with van der Waals surface area (Å²) in [5, 5.41) is 7.46. The van der Waals surface area contributed by atoms with E-state index in [2.05, 4.69) is 288 Å². The molecule has 0 fully saturated rings. The second kappa shape index (κ2) is 16.6. The molecule has 0 N–H and O–H groups in total. The Bertz CT molecular complexity index is 3920. The molecule has 2 aliphatic heterocycles. The van der Waals surface area contributed by atoms with Gasteiger partial charge in [-0.05, 0) is 129 Å². The molecular weight excluding hydrogens is 873 g/mol. The zero-order chi connectivity index (χ0) is 47.9. The average Bonchev–Trinajstić information content (AvgIpc) is 3.45. The van der Waals surface area contributed by atoms with E-state index >= 15 is 0 Å². The Hall–Kier alpha value is -9.38. The van der Waals surface area contributed by atoms with Gasteiger partial charge in [0.25, 0.3) is 0 Å². The first-order valence-corrected chi connectivity index (χ1v) is 24.8. The third kappa shape index (κ3) is 6.46. The second-order valence-electron chi connectivity index (χ2n) is 19.0. The van der Waals surface area contributed by atoms with Crippen LogP contribution in [0.25, 0.3) is 76.8 Å². The molecule has 12 aromatic rings. The minimum atomic E-state index is 1.12. The van der Waals surface area contributed by atoms with E-state index in [0.29, 0.717) is 0 Å². The van der Waals surface area contributed by atoms with Crippen LogP contribution in [0.3, 0.4) is 0 Å². The number of nitrogens with zero attached hydrogens (tertiary/aromatic N) is 4. The van der Waals surface area contributed by atoms with Gasteiger partial charge >= 0.3 is 0 Å². The van der Waals surface area contributed by atoms with Gasteiger partial charge in [-0.2, -0.15) is 0 Å². The fourth-order valence-electron chi connectivity index (χ4n) is 11.8. The summed E-state index contributed by atoms with van der Waals surface area (Å²) < 4.78 is 0. The first kappa shape index (κ1) is 41.6. The van der Waals surface area contributed by atoms with Gasteiger partial charge in [-0.1, -0.05) is 170 Å². The Labute approximate surface area is 420 Å². The van der Waals surface area contributed by atoms with Crippen molar-refractivity contribution in [2.24, 2.45) is 0 Å². The van der Waals surface area contributed by atoms with Crippen LogP contribution in [-0.4, -0.2) is 14.1 Å². The molecule has 0 radical (unpaired) electrons. The van der Waals surface area contributed by atoms with Crippen LogP contribution in [0.5, 0.6) is 0 Å². The quantitative estimate of drug-likeness (QED) is 0.141. The van der Waals surface area contributed by atoms with Crippen LogP contribution in [0.4, 0.5) is 56.9 Å². The summed E-state index contributed by atoms with van der Waals surface area (Å²) in [4.78, 5) is 9.54. The first-order valence-electron chi connectivity index (χ1n) is 24.8. The van der Waals surface area contributed by atoms with E-state index in [0.717, 1.165) is 28.4 Å². The van der Waals surface area contributed by atoms with Crippen LogP contribution < -0.4 is 19.6 Å². The molecule has 2 aliphatic rings. The van der Waals surface area contributed by atoms with Crippen molar-refractivity contribution >= 4 is 89.2 Å². The van der Waals surface area contributed by atoms with Crippen LogP contribution in [0, 0.1) is 0 Å². The van der Waals surface area contributed by atoms with Gasteiger partial charge in [0.2, 0.25) is 0 Å². The average molecular weight is 921 g/mol. The monoisotopic (exact) mass is 920 g/mol. The van der Waals surface area contributed by atoms with Crippen molar-refractivity contribution in [1.82, 2.24) is 0 Å². The maximum Gasteiger partial charge on any atom is 0.0618 e. The fraction of sp³-hybridized carbons (Fsp3) is 0.0294. The highest BCUT2D eigenvalue weighted by molar-refractivity contribution is 6.25. The lowest BCUT2D eigenvalue weighted by Crippen LogP contribution is -2.19. The molecule has 72 heavy (non-hydrogen) atoms. The molecule has 0 amide bonds. The summed E-state index contributed by atoms with van der Waals surface area (Å²) in [6, 6.07) is 93.0. The molecule has 4 nitrogen and oxygen atoms in total. The van der Waals surface area contributed by atoms with Crippen molar-refractivity contribution in [3.8, 4) is 44.5 Å². The van der Waals surface area contributed by atoms with Crippen molar-refractivity contribution < 1.29 is 0 Å². The van der Waals surface area contributed by atoms with E-state index < -0.39 is 0 Å². The highest BCUT2D eigenvalue weighted by Crippen LogP contribution is 2.57. The molecule has 2 heterocycles. The van der Waals surface area contributed by atoms with Gasteiger partial charge in [0.05, 0.1) is 5.69 Å². The molecule has 12 aromatic carbocycles. The maximum atomic E-state index is 2.42. The molecule has 0 saturated carbocycles. The molecule has 0 spiro atoms. The van der Waals surface area contributed by atoms with Gasteiger partial charge in [0, 0.05) is 98.0 Å². The van der Waals surface area contributed by atoms with Crippen LogP contribution in [0.15, 0.2) is 255 Å². The van der Waals surface area contributed by atoms with Crippen molar-refractivity contribution in [2.45, 2.75) is 0 Å². The second-order valence-corrected chi connectivity index (χ2v) is 19.0. The SMILES string of the molecule is CN1c2cc(-c3ccc(N(c4ccccc4)c4ccccc4)cc3)ccc2-c2ccc3c4c(ccc1c24)N(C)c1cc(-c2c4ccccc4c(N(c4ccccc4)c4ccccc4)c4ccccc24)ccc1-3. The van der Waals surface area contributed by atoms with Gasteiger partial charge < -0.3 is 19.6 Å². The lowest BCUT2D eigenvalue weighted by molar-refractivity contribution is 1.19. The lowest BCUT2D eigenvalue weighted by atomic mass is 9.83. The van der Waals surface area contributed by atoms with Crippen molar-refractivity contribution in [3.05, 3.63) is 255 Å². The summed E-state index contributed by atoms with van der Waals surface area (Å²) >= 11 is 0. The molecule has 0 atom stereocenters. The van der Waals surface area contributed by atoms with E-state index in [1.807, 2.05) is 0 Å². The number of hydrogen-bond donors (Lipinski definition) is 0. The van der Waals surface area contributed by atoms with Gasteiger partial charge in [0.15, 0.2) is 0 Å². The number of para-hydroxylation sites is 4. The normalized spacial score (nSPS) is 12.2. The van der Waals surface area contributed by atoms with Crippen molar-refractivity contribution in [3.63, 3.8) is 0 Å². The number of benzene rings is 12. The third-order valence-electron chi connectivity index (χ3n) is 15.1. The van der Waals surface area contributed by atoms with Gasteiger partial charge in [-0.15, -0.1) is 0 Å². The highest BCUT2D eigenvalue weighted by atomic mass is 15.2. The van der Waals surface area contributed by atoms with E-state index in [-0.39, 0.29) is 0 Å². The Morgan fingerprint density at radius 3 is 1.07 bits per heavy atom. The molecule has 14 rings (SSSR count). The van der Waals surface area contributed by atoms with E-state index in [1.54, 1.807) is 0 Å². The standard InChI is InChI=1S/C68H48N4/c1-69-61-41-42-62-67-58(40-39-57(66(61)67)53-37-33-46(43-63(53)69)45-31-35-52(36-32-45)71(48-19-7-3-8-20-48)49-21-9-4-10-22-49)54-38-34-47(44-64(54)70(62)2)65-55-27-15-17-29-59(55)68(60-30-18-16-28-56(60)65)72(50-23-11-5-12-24-50)51-25-13-6-14-26-51/h3-44H,1-2H3. The van der Waals surface area contributed by atoms with Gasteiger partial charge in [0.1, 0.15) is 0 Å². The number of fused-ring (bicyclic) bond motifs is 6. The molecule has 0 aliphatic carbocycles. The first-order chi connectivity index (χ1) is 35.6. The molecular formula is C68H48N4. The zero-order valence-corrected chi connectivity index (χ0v) is 40.0. The molecule has 4 heteroatoms. The van der Waals surface area contributed by atoms with Gasteiger partial charge in [-0.3, -0.25) is 0 Å². The summed E-state index contributed by atoms with van der Waals surface area (Å²) in [7, 11) is 4.46. The summed E-state index contributed by atoms with van der Waals surface area (Å²) in [5.41, 5.74) is 21.5. The van der Waals surface area contributed by atoms with E-state index in [1.165, 1.54) is 105 Å². The Morgan fingerprint density at radius 1 is 0.264 bits per heavy atom. The van der Waals surface area contributed by atoms with E-state index in [4.69, 9.17) is 0 Å². The molecule has 0 unspecified atom stereocenters. The lowest BCUT2D eigenvalue weighted by Gasteiger charge is -2.36. The Morgan fingerprint density at radius 2 is 0.611 bits per heavy atom. The largest absolute Gasteiger partial charge is 0.344 e. The van der Waals surface area contributed by atoms with Crippen LogP contribution in [-0.2, 0) is 0 Å². The highest BCUT2D eigenvalue weighted by Gasteiger charge is 2.31. The van der Waals surface area contributed by atoms with Crippen LogP contribution in [0.2, 0.25) is 0 Å². The molecule has 0 aromatic heterocycles. The van der Waals surface area contributed by atoms with Crippen LogP contribution in [0.1, 0.15) is 0 Å². The van der Waals surface area contributed by atoms with Crippen molar-refractivity contribution in [1.29, 1.82) is 0 Å². The van der Waals surface area contributed by atoms with Crippen molar-refractivity contribution in [2.75, 3.05) is 33.7 Å². The third-order valence-corrected chi connectivity index (χ3v) is 15.1. The molecule has 0 bridgehead atoms. The van der Waals surface area contributed by atoms with E-state index in [9.17, 15) is 0 Å². The predicted octanol–water partition coefficient (Wildman–Crippen LogP) is 18.9. The summed E-state index contributed by atoms with van der Waals surface area (Å²) in [6.07, 6.45) is 0. The predicted molar refractivity (Wildman–Crippen MR) is 306 cm³/mol. The maximum absolute atomic E-state index is 2.42. The molecule has 340 valence electrons. The smallest absolute Gasteiger partial charge is 0.0618 e. The van der Waals surface area contributed by atoms with Crippen LogP contribution >= 0.6 is 0 Å². The summed E-state index contributed by atoms with van der Waals surface area (Å²) in [5.74, 6) is 0. The Kier molecular flexibility index (Phi) is 9.62. The number of hydrogen-bond acceptors (Lipinski definition) is 4. The Balaban J connectivity index is 0.858.